The van der Waals surface area contributed by atoms with Crippen LogP contribution in [0.4, 0.5) is 5.82 Å². The second-order valence-corrected chi connectivity index (χ2v) is 7.81. The van der Waals surface area contributed by atoms with Crippen LogP contribution in [0.15, 0.2) is 18.3 Å². The van der Waals surface area contributed by atoms with Gasteiger partial charge in [0, 0.05) is 31.9 Å². The lowest BCUT2D eigenvalue weighted by atomic mass is 9.84. The summed E-state index contributed by atoms with van der Waals surface area (Å²) in [5.41, 5.74) is 7.28. The predicted molar refractivity (Wildman–Crippen MR) is 96.0 cm³/mol. The second kappa shape index (κ2) is 6.92. The van der Waals surface area contributed by atoms with Crippen LogP contribution in [0.25, 0.3) is 0 Å². The van der Waals surface area contributed by atoms with Gasteiger partial charge in [0.25, 0.3) is 0 Å². The number of pyridine rings is 1. The van der Waals surface area contributed by atoms with Crippen molar-refractivity contribution in [3.63, 3.8) is 0 Å². The molecule has 3 aliphatic rings. The van der Waals surface area contributed by atoms with Gasteiger partial charge in [-0.05, 0) is 49.7 Å². The minimum absolute atomic E-state index is 0.000759. The molecule has 1 saturated heterocycles. The van der Waals surface area contributed by atoms with Gasteiger partial charge in [-0.3, -0.25) is 4.79 Å². The highest BCUT2D eigenvalue weighted by molar-refractivity contribution is 5.80. The Morgan fingerprint density at radius 1 is 1.40 bits per heavy atom. The molecule has 5 atom stereocenters. The first-order chi connectivity index (χ1) is 12.1. The number of anilines is 1. The molecule has 2 bridgehead atoms. The molecule has 2 saturated carbocycles. The molecule has 0 radical (unpaired) electrons. The summed E-state index contributed by atoms with van der Waals surface area (Å²) < 4.78 is 5.57. The highest BCUT2D eigenvalue weighted by Gasteiger charge is 2.48. The lowest BCUT2D eigenvalue weighted by molar-refractivity contribution is -0.127. The molecule has 6 nitrogen and oxygen atoms in total. The number of hydrogen-bond acceptors (Lipinski definition) is 5. The van der Waals surface area contributed by atoms with Crippen LogP contribution in [0, 0.1) is 17.8 Å². The number of morpholine rings is 1. The topological polar surface area (TPSA) is 80.5 Å². The Labute approximate surface area is 149 Å². The van der Waals surface area contributed by atoms with Gasteiger partial charge in [0.15, 0.2) is 0 Å². The van der Waals surface area contributed by atoms with E-state index in [1.54, 1.807) is 0 Å². The van der Waals surface area contributed by atoms with Gasteiger partial charge in [0.05, 0.1) is 18.6 Å². The van der Waals surface area contributed by atoms with Gasteiger partial charge in [-0.15, -0.1) is 0 Å². The summed E-state index contributed by atoms with van der Waals surface area (Å²) in [6.45, 7) is 5.08. The van der Waals surface area contributed by atoms with Crippen molar-refractivity contribution in [1.82, 2.24) is 10.3 Å². The van der Waals surface area contributed by atoms with E-state index in [2.05, 4.69) is 22.1 Å². The molecule has 136 valence electrons. The number of nitrogens with zero attached hydrogens (tertiary/aromatic N) is 2. The van der Waals surface area contributed by atoms with E-state index in [-0.39, 0.29) is 24.0 Å². The number of amides is 1. The van der Waals surface area contributed by atoms with Crippen molar-refractivity contribution in [2.45, 2.75) is 44.9 Å². The van der Waals surface area contributed by atoms with Crippen molar-refractivity contribution in [1.29, 1.82) is 0 Å². The van der Waals surface area contributed by atoms with Gasteiger partial charge in [0.1, 0.15) is 5.82 Å². The first-order valence-corrected chi connectivity index (χ1v) is 9.46. The van der Waals surface area contributed by atoms with Crippen molar-refractivity contribution in [3.8, 4) is 0 Å². The zero-order valence-corrected chi connectivity index (χ0v) is 14.9. The third-order valence-electron chi connectivity index (χ3n) is 6.12. The summed E-state index contributed by atoms with van der Waals surface area (Å²) >= 11 is 0. The van der Waals surface area contributed by atoms with Crippen LogP contribution < -0.4 is 16.0 Å². The van der Waals surface area contributed by atoms with Crippen molar-refractivity contribution in [2.24, 2.45) is 23.5 Å². The zero-order chi connectivity index (χ0) is 17.4. The fraction of sp³-hybridized carbons (Fsp3) is 0.684. The Morgan fingerprint density at radius 3 is 2.92 bits per heavy atom. The molecule has 4 rings (SSSR count). The molecule has 0 spiro atoms. The third-order valence-corrected chi connectivity index (χ3v) is 6.12. The number of ether oxygens (including phenoxy) is 1. The quantitative estimate of drug-likeness (QED) is 0.860. The van der Waals surface area contributed by atoms with Crippen LogP contribution in [0.3, 0.4) is 0 Å². The normalized spacial score (nSPS) is 34.3. The monoisotopic (exact) mass is 344 g/mol. The number of carbonyl (C=O) groups excluding carboxylic acids is 1. The van der Waals surface area contributed by atoms with Crippen LogP contribution in [-0.4, -0.2) is 42.7 Å². The van der Waals surface area contributed by atoms with Crippen LogP contribution in [0.1, 0.15) is 31.7 Å². The fourth-order valence-corrected chi connectivity index (χ4v) is 4.77. The summed E-state index contributed by atoms with van der Waals surface area (Å²) in [6, 6.07) is 4.12. The van der Waals surface area contributed by atoms with E-state index in [1.165, 1.54) is 6.42 Å². The summed E-state index contributed by atoms with van der Waals surface area (Å²) in [4.78, 5) is 19.3. The maximum absolute atomic E-state index is 12.5. The molecule has 25 heavy (non-hydrogen) atoms. The number of fused-ring (bicyclic) bond motifs is 2. The number of nitrogens with two attached hydrogens (primary N) is 1. The van der Waals surface area contributed by atoms with E-state index in [9.17, 15) is 4.79 Å². The highest BCUT2D eigenvalue weighted by atomic mass is 16.5. The third kappa shape index (κ3) is 3.37. The van der Waals surface area contributed by atoms with Gasteiger partial charge in [0.2, 0.25) is 5.91 Å². The van der Waals surface area contributed by atoms with Crippen molar-refractivity contribution >= 4 is 11.7 Å². The number of aromatic nitrogens is 1. The lowest BCUT2D eigenvalue weighted by Gasteiger charge is -2.32. The molecule has 5 unspecified atom stereocenters. The van der Waals surface area contributed by atoms with E-state index in [1.807, 2.05) is 18.3 Å². The standard InChI is InChI=1S/C19H28N4O2/c1-12-11-23(6-7-25-12)16-5-2-13(9-21-16)10-22-19(24)17-14-3-4-15(8-14)18(17)20/h2,5,9,12,14-15,17-18H,3-4,6-8,10-11,20H2,1H3,(H,22,24). The molecule has 3 N–H and O–H groups in total. The predicted octanol–water partition coefficient (Wildman–Crippen LogP) is 1.30. The van der Waals surface area contributed by atoms with E-state index >= 15 is 0 Å². The lowest BCUT2D eigenvalue weighted by Crippen LogP contribution is -2.45. The molecule has 1 aromatic heterocycles. The molecule has 3 fully saturated rings. The van der Waals surface area contributed by atoms with E-state index in [0.717, 1.165) is 43.9 Å². The Morgan fingerprint density at radius 2 is 2.24 bits per heavy atom. The Bertz CT molecular complexity index is 618. The number of nitrogens with one attached hydrogen (secondary N) is 1. The van der Waals surface area contributed by atoms with Crippen LogP contribution >= 0.6 is 0 Å². The number of hydrogen-bond donors (Lipinski definition) is 2. The Hall–Kier alpha value is -1.66. The van der Waals surface area contributed by atoms with Crippen LogP contribution in [0.2, 0.25) is 0 Å². The molecule has 2 heterocycles. The minimum atomic E-state index is 0.000759. The molecule has 6 heteroatoms. The Balaban J connectivity index is 1.32. The molecule has 1 amide bonds. The summed E-state index contributed by atoms with van der Waals surface area (Å²) in [5.74, 6) is 2.13. The number of rotatable bonds is 4. The average Bonchev–Trinajstić information content (AvgIpc) is 3.21. The van der Waals surface area contributed by atoms with Gasteiger partial charge in [-0.1, -0.05) is 6.07 Å². The second-order valence-electron chi connectivity index (χ2n) is 7.81. The zero-order valence-electron chi connectivity index (χ0n) is 14.9. The smallest absolute Gasteiger partial charge is 0.225 e. The van der Waals surface area contributed by atoms with Gasteiger partial charge in [-0.25, -0.2) is 4.98 Å². The SMILES string of the molecule is CC1CN(c2ccc(CNC(=O)C3C4CCC(C4)C3N)cn2)CCO1. The largest absolute Gasteiger partial charge is 0.375 e. The van der Waals surface area contributed by atoms with Gasteiger partial charge >= 0.3 is 0 Å². The van der Waals surface area contributed by atoms with Crippen molar-refractivity contribution in [3.05, 3.63) is 23.9 Å². The number of carbonyl (C=O) groups is 1. The van der Waals surface area contributed by atoms with Gasteiger partial charge < -0.3 is 20.7 Å². The van der Waals surface area contributed by atoms with Crippen molar-refractivity contribution in [2.75, 3.05) is 24.6 Å². The summed E-state index contributed by atoms with van der Waals surface area (Å²) in [5, 5.41) is 3.07. The Kier molecular flexibility index (Phi) is 4.65. The maximum atomic E-state index is 12.5. The first-order valence-electron chi connectivity index (χ1n) is 9.46. The van der Waals surface area contributed by atoms with E-state index in [4.69, 9.17) is 10.5 Å². The average molecular weight is 344 g/mol. The summed E-state index contributed by atoms with van der Waals surface area (Å²) in [7, 11) is 0. The molecule has 1 aromatic rings. The maximum Gasteiger partial charge on any atom is 0.225 e. The summed E-state index contributed by atoms with van der Waals surface area (Å²) in [6.07, 6.45) is 5.58. The molecular weight excluding hydrogens is 316 g/mol. The molecular formula is C19H28N4O2. The molecule has 2 aliphatic carbocycles. The fourth-order valence-electron chi connectivity index (χ4n) is 4.77. The van der Waals surface area contributed by atoms with E-state index in [0.29, 0.717) is 18.4 Å². The van der Waals surface area contributed by atoms with Crippen molar-refractivity contribution < 1.29 is 9.53 Å². The molecule has 1 aliphatic heterocycles. The highest BCUT2D eigenvalue weighted by Crippen LogP contribution is 2.47. The van der Waals surface area contributed by atoms with Gasteiger partial charge in [-0.2, -0.15) is 0 Å². The van der Waals surface area contributed by atoms with Crippen LogP contribution in [-0.2, 0) is 16.1 Å². The first kappa shape index (κ1) is 16.8. The molecule has 0 aromatic carbocycles. The minimum Gasteiger partial charge on any atom is -0.375 e. The van der Waals surface area contributed by atoms with E-state index < -0.39 is 0 Å². The van der Waals surface area contributed by atoms with Crippen LogP contribution in [0.5, 0.6) is 0 Å².